The van der Waals surface area contributed by atoms with E-state index < -0.39 is 0 Å². The Balaban J connectivity index is 2.10. The Hall–Kier alpha value is -0.930. The molecule has 1 fully saturated rings. The van der Waals surface area contributed by atoms with Crippen molar-refractivity contribution in [3.8, 4) is 11.5 Å². The minimum absolute atomic E-state index is 0.380. The first-order valence-corrected chi connectivity index (χ1v) is 8.41. The van der Waals surface area contributed by atoms with Crippen LogP contribution in [0.5, 0.6) is 11.5 Å². The van der Waals surface area contributed by atoms with E-state index in [0.29, 0.717) is 30.2 Å². The summed E-state index contributed by atoms with van der Waals surface area (Å²) in [4.78, 5) is 0. The summed E-state index contributed by atoms with van der Waals surface area (Å²) in [5, 5.41) is 4.30. The second kappa shape index (κ2) is 6.45. The van der Waals surface area contributed by atoms with E-state index in [9.17, 15) is 0 Å². The van der Waals surface area contributed by atoms with E-state index in [0.717, 1.165) is 30.9 Å². The maximum absolute atomic E-state index is 6.48. The van der Waals surface area contributed by atoms with Crippen LogP contribution in [0.15, 0.2) is 6.07 Å². The number of hydrogen-bond donors (Lipinski definition) is 1. The van der Waals surface area contributed by atoms with Gasteiger partial charge in [0, 0.05) is 18.0 Å². The summed E-state index contributed by atoms with van der Waals surface area (Å²) in [7, 11) is 0. The first-order valence-electron chi connectivity index (χ1n) is 8.03. The summed E-state index contributed by atoms with van der Waals surface area (Å²) in [5.74, 6) is 1.99. The van der Waals surface area contributed by atoms with Crippen LogP contribution in [-0.2, 0) is 0 Å². The molecule has 1 aromatic rings. The molecule has 0 amide bonds. The molecule has 0 saturated carbocycles. The molecule has 0 bridgehead atoms. The summed E-state index contributed by atoms with van der Waals surface area (Å²) in [5.41, 5.74) is 2.55. The van der Waals surface area contributed by atoms with Crippen LogP contribution in [0.25, 0.3) is 0 Å². The minimum atomic E-state index is 0.380. The van der Waals surface area contributed by atoms with Crippen molar-refractivity contribution in [2.24, 2.45) is 0 Å². The molecule has 2 heterocycles. The van der Waals surface area contributed by atoms with Gasteiger partial charge in [-0.1, -0.05) is 31.9 Å². The van der Waals surface area contributed by atoms with Crippen molar-refractivity contribution >= 4 is 11.6 Å². The molecule has 3 rings (SSSR count). The van der Waals surface area contributed by atoms with Crippen molar-refractivity contribution in [2.45, 2.75) is 51.5 Å². The van der Waals surface area contributed by atoms with Crippen molar-refractivity contribution in [1.29, 1.82) is 0 Å². The Morgan fingerprint density at radius 2 is 1.90 bits per heavy atom. The van der Waals surface area contributed by atoms with Crippen LogP contribution >= 0.6 is 11.6 Å². The van der Waals surface area contributed by atoms with Gasteiger partial charge >= 0.3 is 0 Å². The fourth-order valence-corrected chi connectivity index (χ4v) is 3.59. The van der Waals surface area contributed by atoms with Crippen molar-refractivity contribution in [1.82, 2.24) is 5.32 Å². The van der Waals surface area contributed by atoms with Gasteiger partial charge in [0.05, 0.1) is 18.2 Å². The topological polar surface area (TPSA) is 30.5 Å². The third kappa shape index (κ3) is 3.00. The summed E-state index contributed by atoms with van der Waals surface area (Å²) in [6, 6.07) is 2.47. The third-order valence-electron chi connectivity index (χ3n) is 4.31. The summed E-state index contributed by atoms with van der Waals surface area (Å²) >= 11 is 6.48. The van der Waals surface area contributed by atoms with Crippen molar-refractivity contribution in [3.05, 3.63) is 22.2 Å². The fraction of sp³-hybridized carbons (Fsp3) is 0.647. The van der Waals surface area contributed by atoms with Crippen LogP contribution in [0.4, 0.5) is 0 Å². The Bertz CT molecular complexity index is 510. The molecule has 1 saturated heterocycles. The maximum atomic E-state index is 6.48. The van der Waals surface area contributed by atoms with Crippen LogP contribution in [0, 0.1) is 0 Å². The lowest BCUT2D eigenvalue weighted by Gasteiger charge is -2.29. The highest BCUT2D eigenvalue weighted by Gasteiger charge is 2.27. The molecule has 1 aromatic carbocycles. The highest BCUT2D eigenvalue weighted by atomic mass is 35.5. The van der Waals surface area contributed by atoms with Crippen LogP contribution in [0.1, 0.15) is 62.6 Å². The van der Waals surface area contributed by atoms with Crippen LogP contribution in [-0.4, -0.2) is 19.8 Å². The summed E-state index contributed by atoms with van der Waals surface area (Å²) in [6.07, 6.45) is 4.59. The van der Waals surface area contributed by atoms with Gasteiger partial charge in [-0.3, -0.25) is 0 Å². The van der Waals surface area contributed by atoms with Crippen molar-refractivity contribution in [2.75, 3.05) is 19.8 Å². The number of nitrogens with one attached hydrogen (secondary N) is 1. The van der Waals surface area contributed by atoms with Gasteiger partial charge in [0.2, 0.25) is 0 Å². The molecule has 1 unspecified atom stereocenters. The van der Waals surface area contributed by atoms with Crippen LogP contribution < -0.4 is 14.8 Å². The van der Waals surface area contributed by atoms with E-state index in [4.69, 9.17) is 21.1 Å². The lowest BCUT2D eigenvalue weighted by Crippen LogP contribution is -2.28. The summed E-state index contributed by atoms with van der Waals surface area (Å²) < 4.78 is 11.9. The number of halogens is 1. The number of ether oxygens (including phenoxy) is 2. The van der Waals surface area contributed by atoms with E-state index in [-0.39, 0.29) is 0 Å². The Morgan fingerprint density at radius 1 is 1.14 bits per heavy atom. The quantitative estimate of drug-likeness (QED) is 0.876. The van der Waals surface area contributed by atoms with E-state index in [1.54, 1.807) is 0 Å². The van der Waals surface area contributed by atoms with Crippen molar-refractivity contribution < 1.29 is 9.47 Å². The molecule has 1 atom stereocenters. The number of hydrogen-bond acceptors (Lipinski definition) is 3. The molecular weight excluding hydrogens is 286 g/mol. The molecule has 1 N–H and O–H groups in total. The Kier molecular flexibility index (Phi) is 4.60. The molecule has 2 aliphatic rings. The van der Waals surface area contributed by atoms with E-state index in [1.165, 1.54) is 24.0 Å². The van der Waals surface area contributed by atoms with Gasteiger partial charge in [0.15, 0.2) is 11.5 Å². The molecule has 0 radical (unpaired) electrons. The number of benzene rings is 1. The largest absolute Gasteiger partial charge is 0.489 e. The molecule has 0 aliphatic carbocycles. The zero-order valence-corrected chi connectivity index (χ0v) is 13.6. The molecule has 0 aromatic heterocycles. The van der Waals surface area contributed by atoms with Crippen LogP contribution in [0.3, 0.4) is 0 Å². The number of piperidine rings is 1. The smallest absolute Gasteiger partial charge is 0.180 e. The van der Waals surface area contributed by atoms with E-state index in [1.807, 2.05) is 0 Å². The predicted molar refractivity (Wildman–Crippen MR) is 85.7 cm³/mol. The number of fused-ring (bicyclic) bond motifs is 1. The minimum Gasteiger partial charge on any atom is -0.489 e. The highest BCUT2D eigenvalue weighted by molar-refractivity contribution is 6.32. The van der Waals surface area contributed by atoms with Gasteiger partial charge in [0.1, 0.15) is 0 Å². The van der Waals surface area contributed by atoms with Gasteiger partial charge < -0.3 is 14.8 Å². The van der Waals surface area contributed by atoms with E-state index in [2.05, 4.69) is 25.2 Å². The predicted octanol–water partition coefficient (Wildman–Crippen LogP) is 4.44. The molecule has 2 aliphatic heterocycles. The fourth-order valence-electron chi connectivity index (χ4n) is 3.33. The van der Waals surface area contributed by atoms with E-state index >= 15 is 0 Å². The third-order valence-corrected chi connectivity index (χ3v) is 4.59. The van der Waals surface area contributed by atoms with Gasteiger partial charge in [0.25, 0.3) is 0 Å². The average molecular weight is 310 g/mol. The molecule has 3 nitrogen and oxygen atoms in total. The maximum Gasteiger partial charge on any atom is 0.180 e. The average Bonchev–Trinajstić information content (AvgIpc) is 2.73. The normalized spacial score (nSPS) is 22.2. The Morgan fingerprint density at radius 3 is 2.57 bits per heavy atom. The van der Waals surface area contributed by atoms with Gasteiger partial charge in [-0.2, -0.15) is 0 Å². The lowest BCUT2D eigenvalue weighted by molar-refractivity contribution is 0.295. The van der Waals surface area contributed by atoms with Crippen molar-refractivity contribution in [3.63, 3.8) is 0 Å². The second-order valence-electron chi connectivity index (χ2n) is 6.23. The molecule has 21 heavy (non-hydrogen) atoms. The van der Waals surface area contributed by atoms with Gasteiger partial charge in [-0.05, 0) is 36.9 Å². The monoisotopic (exact) mass is 309 g/mol. The first-order chi connectivity index (χ1) is 10.2. The standard InChI is InChI=1S/C17H24ClNO2/c1-11(2)15-12(14-6-3-4-7-19-14)10-13(18)16-17(15)21-9-5-8-20-16/h10-11,14,19H,3-9H2,1-2H3. The molecule has 116 valence electrons. The highest BCUT2D eigenvalue weighted by Crippen LogP contribution is 2.47. The zero-order chi connectivity index (χ0) is 14.8. The lowest BCUT2D eigenvalue weighted by atomic mass is 9.88. The second-order valence-corrected chi connectivity index (χ2v) is 6.63. The molecule has 4 heteroatoms. The SMILES string of the molecule is CC(C)c1c(C2CCCCN2)cc(Cl)c2c1OCCCO2. The first kappa shape index (κ1) is 15.0. The number of rotatable bonds is 2. The Labute approximate surface area is 132 Å². The van der Waals surface area contributed by atoms with Crippen LogP contribution in [0.2, 0.25) is 5.02 Å². The summed E-state index contributed by atoms with van der Waals surface area (Å²) in [6.45, 7) is 6.87. The van der Waals surface area contributed by atoms with Gasteiger partial charge in [-0.15, -0.1) is 0 Å². The molecule has 0 spiro atoms. The van der Waals surface area contributed by atoms with Gasteiger partial charge in [-0.25, -0.2) is 0 Å². The molecular formula is C17H24ClNO2. The zero-order valence-electron chi connectivity index (χ0n) is 12.9.